The summed E-state index contributed by atoms with van der Waals surface area (Å²) in [6, 6.07) is 6.01. The number of pyridine rings is 1. The Balaban J connectivity index is 1.88. The Morgan fingerprint density at radius 2 is 2.32 bits per heavy atom. The molecule has 2 atom stereocenters. The molecule has 22 heavy (non-hydrogen) atoms. The number of carbonyl (C=O) groups excluding carboxylic acids is 1. The van der Waals surface area contributed by atoms with Gasteiger partial charge in [0.1, 0.15) is 11.6 Å². The molecule has 116 valence electrons. The topological polar surface area (TPSA) is 77.8 Å². The van der Waals surface area contributed by atoms with Crippen LogP contribution in [0.1, 0.15) is 38.2 Å². The maximum Gasteiger partial charge on any atom is 0.263 e. The molecule has 0 aliphatic heterocycles. The van der Waals surface area contributed by atoms with E-state index in [9.17, 15) is 4.79 Å². The first-order valence-corrected chi connectivity index (χ1v) is 7.74. The zero-order chi connectivity index (χ0) is 15.8. The summed E-state index contributed by atoms with van der Waals surface area (Å²) >= 11 is 0. The molecule has 1 aliphatic carbocycles. The van der Waals surface area contributed by atoms with E-state index in [4.69, 9.17) is 5.26 Å². The number of hydrogen-bond donors (Lipinski definition) is 2. The highest BCUT2D eigenvalue weighted by molar-refractivity contribution is 5.97. The number of aromatic nitrogens is 1. The van der Waals surface area contributed by atoms with Gasteiger partial charge in [-0.25, -0.2) is 0 Å². The highest BCUT2D eigenvalue weighted by atomic mass is 16.1. The molecular weight excluding hydrogens is 276 g/mol. The summed E-state index contributed by atoms with van der Waals surface area (Å²) in [5.41, 5.74) is 1.02. The Morgan fingerprint density at radius 3 is 3.00 bits per heavy atom. The van der Waals surface area contributed by atoms with Crippen molar-refractivity contribution in [2.45, 2.75) is 45.2 Å². The summed E-state index contributed by atoms with van der Waals surface area (Å²) < 4.78 is 0. The summed E-state index contributed by atoms with van der Waals surface area (Å²) in [6.07, 6.45) is 9.68. The molecule has 0 bridgehead atoms. The molecule has 0 spiro atoms. The van der Waals surface area contributed by atoms with E-state index in [-0.39, 0.29) is 11.5 Å². The average molecular weight is 298 g/mol. The van der Waals surface area contributed by atoms with Crippen molar-refractivity contribution in [1.29, 1.82) is 5.26 Å². The van der Waals surface area contributed by atoms with Crippen LogP contribution >= 0.6 is 0 Å². The largest absolute Gasteiger partial charge is 0.387 e. The maximum atomic E-state index is 12.0. The minimum Gasteiger partial charge on any atom is -0.387 e. The molecule has 5 heteroatoms. The van der Waals surface area contributed by atoms with E-state index in [1.807, 2.05) is 18.2 Å². The van der Waals surface area contributed by atoms with E-state index in [1.54, 1.807) is 18.6 Å². The summed E-state index contributed by atoms with van der Waals surface area (Å²) in [6.45, 7) is 2.57. The second-order valence-corrected chi connectivity index (χ2v) is 5.75. The van der Waals surface area contributed by atoms with Crippen molar-refractivity contribution in [3.8, 4) is 6.07 Å². The lowest BCUT2D eigenvalue weighted by Gasteiger charge is -2.29. The van der Waals surface area contributed by atoms with Crippen molar-refractivity contribution >= 4 is 5.91 Å². The van der Waals surface area contributed by atoms with Gasteiger partial charge in [0, 0.05) is 31.2 Å². The van der Waals surface area contributed by atoms with Crippen LogP contribution in [0.5, 0.6) is 0 Å². The quantitative estimate of drug-likeness (QED) is 0.646. The van der Waals surface area contributed by atoms with Crippen molar-refractivity contribution in [3.63, 3.8) is 0 Å². The highest BCUT2D eigenvalue weighted by Gasteiger charge is 2.20. The van der Waals surface area contributed by atoms with Crippen LogP contribution in [0.25, 0.3) is 0 Å². The fraction of sp³-hybridized carbons (Fsp3) is 0.471. The summed E-state index contributed by atoms with van der Waals surface area (Å²) in [5, 5.41) is 15.1. The number of nitrogens with one attached hydrogen (secondary N) is 2. The van der Waals surface area contributed by atoms with Crippen LogP contribution in [0.3, 0.4) is 0 Å². The van der Waals surface area contributed by atoms with Crippen molar-refractivity contribution in [2.75, 3.05) is 0 Å². The van der Waals surface area contributed by atoms with Crippen LogP contribution in [0.15, 0.2) is 36.3 Å². The molecule has 2 rings (SSSR count). The molecule has 0 radical (unpaired) electrons. The smallest absolute Gasteiger partial charge is 0.263 e. The van der Waals surface area contributed by atoms with Gasteiger partial charge in [-0.15, -0.1) is 0 Å². The molecule has 1 fully saturated rings. The Morgan fingerprint density at radius 1 is 1.50 bits per heavy atom. The zero-order valence-corrected chi connectivity index (χ0v) is 12.9. The first-order chi connectivity index (χ1) is 10.7. The first kappa shape index (κ1) is 16.0. The predicted octanol–water partition coefficient (Wildman–Crippen LogP) is 2.27. The highest BCUT2D eigenvalue weighted by Crippen LogP contribution is 2.23. The van der Waals surface area contributed by atoms with E-state index < -0.39 is 0 Å². The molecule has 2 N–H and O–H groups in total. The van der Waals surface area contributed by atoms with Gasteiger partial charge in [0.05, 0.1) is 0 Å². The maximum absolute atomic E-state index is 12.0. The van der Waals surface area contributed by atoms with E-state index >= 15 is 0 Å². The van der Waals surface area contributed by atoms with Crippen LogP contribution in [-0.2, 0) is 11.3 Å². The fourth-order valence-corrected chi connectivity index (χ4v) is 2.68. The number of carbonyl (C=O) groups is 1. The average Bonchev–Trinajstić information content (AvgIpc) is 2.56. The van der Waals surface area contributed by atoms with Gasteiger partial charge in [-0.2, -0.15) is 5.26 Å². The van der Waals surface area contributed by atoms with Gasteiger partial charge in [0.2, 0.25) is 0 Å². The van der Waals surface area contributed by atoms with Crippen molar-refractivity contribution in [3.05, 3.63) is 41.9 Å². The van der Waals surface area contributed by atoms with Crippen molar-refractivity contribution in [2.24, 2.45) is 5.92 Å². The van der Waals surface area contributed by atoms with Crippen molar-refractivity contribution in [1.82, 2.24) is 15.6 Å². The van der Waals surface area contributed by atoms with E-state index in [1.165, 1.54) is 19.3 Å². The zero-order valence-electron chi connectivity index (χ0n) is 12.9. The molecule has 1 aromatic rings. The number of amides is 1. The van der Waals surface area contributed by atoms with Gasteiger partial charge in [0.15, 0.2) is 0 Å². The Kier molecular flexibility index (Phi) is 5.96. The van der Waals surface area contributed by atoms with Crippen LogP contribution in [0.2, 0.25) is 0 Å². The minimum absolute atomic E-state index is 0.113. The monoisotopic (exact) mass is 298 g/mol. The Labute approximate surface area is 131 Å². The van der Waals surface area contributed by atoms with Crippen LogP contribution < -0.4 is 10.6 Å². The van der Waals surface area contributed by atoms with Crippen LogP contribution in [0, 0.1) is 17.2 Å². The minimum atomic E-state index is -0.359. The van der Waals surface area contributed by atoms with Crippen LogP contribution in [0.4, 0.5) is 0 Å². The Bertz CT molecular complexity index is 562. The lowest BCUT2D eigenvalue weighted by Crippen LogP contribution is -2.35. The molecule has 1 heterocycles. The molecule has 0 aromatic carbocycles. The van der Waals surface area contributed by atoms with Gasteiger partial charge >= 0.3 is 0 Å². The van der Waals surface area contributed by atoms with E-state index in [0.29, 0.717) is 18.5 Å². The molecule has 1 aromatic heterocycles. The van der Waals surface area contributed by atoms with E-state index in [2.05, 4.69) is 22.5 Å². The summed E-state index contributed by atoms with van der Waals surface area (Å²) in [7, 11) is 0. The molecule has 2 unspecified atom stereocenters. The fourth-order valence-electron chi connectivity index (χ4n) is 2.68. The number of rotatable bonds is 5. The predicted molar refractivity (Wildman–Crippen MR) is 84.3 cm³/mol. The molecule has 1 saturated carbocycles. The Hall–Kier alpha value is -2.35. The molecule has 1 aliphatic rings. The second-order valence-electron chi connectivity index (χ2n) is 5.75. The summed E-state index contributed by atoms with van der Waals surface area (Å²) in [4.78, 5) is 16.0. The third kappa shape index (κ3) is 4.59. The van der Waals surface area contributed by atoms with Gasteiger partial charge in [-0.3, -0.25) is 9.78 Å². The van der Waals surface area contributed by atoms with Crippen molar-refractivity contribution < 1.29 is 4.79 Å². The molecular formula is C17H22N4O. The second kappa shape index (κ2) is 8.18. The molecule has 0 saturated heterocycles. The number of hydrogen-bond acceptors (Lipinski definition) is 4. The van der Waals surface area contributed by atoms with Gasteiger partial charge in [-0.05, 0) is 30.4 Å². The number of nitriles is 1. The summed E-state index contributed by atoms with van der Waals surface area (Å²) in [5.74, 6) is 0.214. The van der Waals surface area contributed by atoms with Gasteiger partial charge in [-0.1, -0.05) is 25.8 Å². The standard InChI is InChI=1S/C17H22N4O/c1-13-5-2-3-7-16(13)20-12-15(9-18)17(22)21-11-14-6-4-8-19-10-14/h4,6,8,10,12-13,16,20H,2-3,5,7,11H2,1H3,(H,21,22)/b15-12-. The SMILES string of the molecule is CC1CCCCC1N/C=C(/C#N)C(=O)NCc1cccnc1. The lowest BCUT2D eigenvalue weighted by atomic mass is 9.86. The van der Waals surface area contributed by atoms with Crippen LogP contribution in [-0.4, -0.2) is 16.9 Å². The third-order valence-corrected chi connectivity index (χ3v) is 4.09. The van der Waals surface area contributed by atoms with Gasteiger partial charge < -0.3 is 10.6 Å². The number of nitrogens with zero attached hydrogens (tertiary/aromatic N) is 2. The first-order valence-electron chi connectivity index (χ1n) is 7.74. The molecule has 5 nitrogen and oxygen atoms in total. The van der Waals surface area contributed by atoms with Gasteiger partial charge in [0.25, 0.3) is 5.91 Å². The molecule has 1 amide bonds. The normalized spacial score (nSPS) is 21.7. The lowest BCUT2D eigenvalue weighted by molar-refractivity contribution is -0.117. The van der Waals surface area contributed by atoms with E-state index in [0.717, 1.165) is 12.0 Å². The third-order valence-electron chi connectivity index (χ3n) is 4.09.